The van der Waals surface area contributed by atoms with Crippen molar-refractivity contribution in [2.24, 2.45) is 0 Å². The highest BCUT2D eigenvalue weighted by atomic mass is 35.5. The predicted octanol–water partition coefficient (Wildman–Crippen LogP) is 4.55. The highest BCUT2D eigenvalue weighted by Crippen LogP contribution is 2.29. The largest absolute Gasteiger partial charge is 0.493 e. The van der Waals surface area contributed by atoms with Crippen LogP contribution in [-0.2, 0) is 9.53 Å². The van der Waals surface area contributed by atoms with Crippen LogP contribution in [0.15, 0.2) is 36.4 Å². The fourth-order valence-corrected chi connectivity index (χ4v) is 2.91. The number of esters is 1. The monoisotopic (exact) mass is 444 g/mol. The van der Waals surface area contributed by atoms with Gasteiger partial charge >= 0.3 is 5.97 Å². The number of halogens is 1. The minimum atomic E-state index is -0.671. The number of benzene rings is 2. The fourth-order valence-electron chi connectivity index (χ4n) is 2.79. The molecule has 31 heavy (non-hydrogen) atoms. The van der Waals surface area contributed by atoms with Crippen LogP contribution in [0.2, 0.25) is 5.02 Å². The van der Waals surface area contributed by atoms with Crippen molar-refractivity contribution >= 4 is 29.2 Å². The van der Waals surface area contributed by atoms with E-state index in [1.165, 1.54) is 18.1 Å². The molecule has 0 radical (unpaired) electrons. The molecule has 0 aliphatic rings. The van der Waals surface area contributed by atoms with E-state index in [2.05, 4.69) is 0 Å². The van der Waals surface area contributed by atoms with Crippen LogP contribution in [0, 0.1) is 18.3 Å². The smallest absolute Gasteiger partial charge is 0.338 e. The Labute approximate surface area is 187 Å². The summed E-state index contributed by atoms with van der Waals surface area (Å²) in [7, 11) is 1.47. The zero-order chi connectivity index (χ0) is 23.0. The fraction of sp³-hybridized carbons (Fsp3) is 0.348. The third-order valence-corrected chi connectivity index (χ3v) is 4.71. The number of nitriles is 1. The Bertz CT molecular complexity index is 984. The first kappa shape index (κ1) is 24.0. The second kappa shape index (κ2) is 11.2. The molecule has 0 atom stereocenters. The van der Waals surface area contributed by atoms with Crippen LogP contribution < -0.4 is 14.4 Å². The summed E-state index contributed by atoms with van der Waals surface area (Å²) in [6.45, 7) is 5.28. The maximum Gasteiger partial charge on any atom is 0.338 e. The Morgan fingerprint density at radius 1 is 1.16 bits per heavy atom. The maximum atomic E-state index is 12.7. The molecule has 2 aromatic rings. The van der Waals surface area contributed by atoms with Gasteiger partial charge in [-0.1, -0.05) is 11.6 Å². The maximum absolute atomic E-state index is 12.7. The van der Waals surface area contributed by atoms with Crippen molar-refractivity contribution in [2.75, 3.05) is 25.2 Å². The molecule has 0 aliphatic heterocycles. The molecule has 0 N–H and O–H groups in total. The van der Waals surface area contributed by atoms with Gasteiger partial charge in [-0.2, -0.15) is 5.26 Å². The number of carbonyl (C=O) groups is 2. The number of rotatable bonds is 9. The SMILES string of the molecule is COc1cc(C(=O)OCC(=O)N(CCC#N)c2ccc(Cl)c(C)c2)ccc1OC(C)C. The second-order valence-electron chi connectivity index (χ2n) is 7.00. The quantitative estimate of drug-likeness (QED) is 0.527. The normalized spacial score (nSPS) is 10.4. The number of hydrogen-bond acceptors (Lipinski definition) is 6. The van der Waals surface area contributed by atoms with Gasteiger partial charge in [0.25, 0.3) is 5.91 Å². The number of amides is 1. The van der Waals surface area contributed by atoms with Crippen LogP contribution >= 0.6 is 11.6 Å². The zero-order valence-electron chi connectivity index (χ0n) is 18.0. The van der Waals surface area contributed by atoms with Crippen LogP contribution in [0.3, 0.4) is 0 Å². The van der Waals surface area contributed by atoms with Gasteiger partial charge in [0.05, 0.1) is 31.3 Å². The minimum Gasteiger partial charge on any atom is -0.493 e. The number of nitrogens with zero attached hydrogens (tertiary/aromatic N) is 2. The Balaban J connectivity index is 2.11. The van der Waals surface area contributed by atoms with E-state index in [4.69, 9.17) is 31.1 Å². The standard InChI is InChI=1S/C23H25ClN2O5/c1-15(2)31-20-9-6-17(13-21(20)29-4)23(28)30-14-22(27)26(11-5-10-25)18-7-8-19(24)16(3)12-18/h6-9,12-13,15H,5,11,14H2,1-4H3. The molecule has 0 saturated carbocycles. The Kier molecular flexibility index (Phi) is 8.71. The van der Waals surface area contributed by atoms with Gasteiger partial charge in [0.1, 0.15) is 0 Å². The molecule has 0 heterocycles. The van der Waals surface area contributed by atoms with Crippen molar-refractivity contribution in [1.82, 2.24) is 0 Å². The van der Waals surface area contributed by atoms with Gasteiger partial charge in [-0.15, -0.1) is 0 Å². The number of ether oxygens (including phenoxy) is 3. The van der Waals surface area contributed by atoms with E-state index in [9.17, 15) is 9.59 Å². The topological polar surface area (TPSA) is 88.9 Å². The first-order valence-corrected chi connectivity index (χ1v) is 10.1. The second-order valence-corrected chi connectivity index (χ2v) is 7.40. The van der Waals surface area contributed by atoms with Crippen LogP contribution in [0.25, 0.3) is 0 Å². The summed E-state index contributed by atoms with van der Waals surface area (Å²) >= 11 is 6.06. The van der Waals surface area contributed by atoms with Gasteiger partial charge < -0.3 is 19.1 Å². The summed E-state index contributed by atoms with van der Waals surface area (Å²) in [5.74, 6) is -0.222. The Morgan fingerprint density at radius 3 is 2.52 bits per heavy atom. The highest BCUT2D eigenvalue weighted by Gasteiger charge is 2.20. The summed E-state index contributed by atoms with van der Waals surface area (Å²) in [6.07, 6.45) is 0.0794. The van der Waals surface area contributed by atoms with Crippen LogP contribution in [0.4, 0.5) is 5.69 Å². The number of hydrogen-bond donors (Lipinski definition) is 0. The molecule has 0 saturated heterocycles. The summed E-state index contributed by atoms with van der Waals surface area (Å²) in [4.78, 5) is 26.6. The molecule has 1 amide bonds. The van der Waals surface area contributed by atoms with E-state index in [-0.39, 0.29) is 24.6 Å². The molecular formula is C23H25ClN2O5. The lowest BCUT2D eigenvalue weighted by atomic mass is 10.2. The van der Waals surface area contributed by atoms with E-state index in [1.54, 1.807) is 30.3 Å². The number of anilines is 1. The Hall–Kier alpha value is -3.24. The third-order valence-electron chi connectivity index (χ3n) is 4.29. The van der Waals surface area contributed by atoms with Crippen molar-refractivity contribution < 1.29 is 23.8 Å². The van der Waals surface area contributed by atoms with E-state index >= 15 is 0 Å². The lowest BCUT2D eigenvalue weighted by Gasteiger charge is -2.22. The molecule has 0 unspecified atom stereocenters. The highest BCUT2D eigenvalue weighted by molar-refractivity contribution is 6.31. The number of carbonyl (C=O) groups excluding carboxylic acids is 2. The average Bonchev–Trinajstić information content (AvgIpc) is 2.74. The summed E-state index contributed by atoms with van der Waals surface area (Å²) in [5.41, 5.74) is 1.60. The molecule has 0 aliphatic carbocycles. The molecule has 8 heteroatoms. The molecule has 7 nitrogen and oxygen atoms in total. The minimum absolute atomic E-state index is 0.0554. The van der Waals surface area contributed by atoms with Gasteiger partial charge in [-0.25, -0.2) is 4.79 Å². The number of methoxy groups -OCH3 is 1. The first-order chi connectivity index (χ1) is 14.8. The molecular weight excluding hydrogens is 420 g/mol. The van der Waals surface area contributed by atoms with Crippen molar-refractivity contribution in [3.8, 4) is 17.6 Å². The molecule has 0 fully saturated rings. The summed E-state index contributed by atoms with van der Waals surface area (Å²) < 4.78 is 16.1. The predicted molar refractivity (Wildman–Crippen MR) is 118 cm³/mol. The average molecular weight is 445 g/mol. The van der Waals surface area contributed by atoms with E-state index in [1.807, 2.05) is 26.8 Å². The van der Waals surface area contributed by atoms with E-state index in [0.717, 1.165) is 5.56 Å². The van der Waals surface area contributed by atoms with Crippen LogP contribution in [0.1, 0.15) is 36.2 Å². The lowest BCUT2D eigenvalue weighted by molar-refractivity contribution is -0.121. The summed E-state index contributed by atoms with van der Waals surface area (Å²) in [6, 6.07) is 11.8. The van der Waals surface area contributed by atoms with Crippen LogP contribution in [-0.4, -0.2) is 38.2 Å². The van der Waals surface area contributed by atoms with Crippen molar-refractivity contribution in [3.05, 3.63) is 52.5 Å². The van der Waals surface area contributed by atoms with Gasteiger partial charge in [0.2, 0.25) is 0 Å². The van der Waals surface area contributed by atoms with Gasteiger partial charge in [0.15, 0.2) is 18.1 Å². The summed E-state index contributed by atoms with van der Waals surface area (Å²) in [5, 5.41) is 9.49. The van der Waals surface area contributed by atoms with Crippen molar-refractivity contribution in [2.45, 2.75) is 33.3 Å². The van der Waals surface area contributed by atoms with Crippen molar-refractivity contribution in [3.63, 3.8) is 0 Å². The molecule has 0 bridgehead atoms. The molecule has 0 aromatic heterocycles. The van der Waals surface area contributed by atoms with Crippen molar-refractivity contribution in [1.29, 1.82) is 5.26 Å². The third kappa shape index (κ3) is 6.63. The van der Waals surface area contributed by atoms with Gasteiger partial charge in [-0.05, 0) is 62.7 Å². The first-order valence-electron chi connectivity index (χ1n) is 9.72. The zero-order valence-corrected chi connectivity index (χ0v) is 18.7. The molecule has 2 aromatic carbocycles. The number of aryl methyl sites for hydroxylation is 1. The van der Waals surface area contributed by atoms with Gasteiger partial charge in [0, 0.05) is 17.3 Å². The molecule has 164 valence electrons. The van der Waals surface area contributed by atoms with Gasteiger partial charge in [-0.3, -0.25) is 4.79 Å². The Morgan fingerprint density at radius 2 is 1.90 bits per heavy atom. The molecule has 2 rings (SSSR count). The molecule has 0 spiro atoms. The van der Waals surface area contributed by atoms with E-state index in [0.29, 0.717) is 22.2 Å². The van der Waals surface area contributed by atoms with Crippen LogP contribution in [0.5, 0.6) is 11.5 Å². The van der Waals surface area contributed by atoms with E-state index < -0.39 is 18.5 Å². The lowest BCUT2D eigenvalue weighted by Crippen LogP contribution is -2.35.